The van der Waals surface area contributed by atoms with E-state index in [0.29, 0.717) is 12.8 Å². The van der Waals surface area contributed by atoms with Crippen molar-refractivity contribution in [2.24, 2.45) is 0 Å². The van der Waals surface area contributed by atoms with Crippen LogP contribution in [0.2, 0.25) is 0 Å². The smallest absolute Gasteiger partial charge is 0.339 e. The zero-order valence-electron chi connectivity index (χ0n) is 11.4. The van der Waals surface area contributed by atoms with Crippen molar-refractivity contribution in [1.29, 1.82) is 0 Å². The van der Waals surface area contributed by atoms with Gasteiger partial charge >= 0.3 is 5.97 Å². The Bertz CT molecular complexity index is 569. The molecule has 2 heterocycles. The van der Waals surface area contributed by atoms with Crippen LogP contribution in [0.25, 0.3) is 0 Å². The normalized spacial score (nSPS) is 20.3. The first-order valence-electron chi connectivity index (χ1n) is 6.67. The number of aromatic carboxylic acids is 1. The van der Waals surface area contributed by atoms with Crippen LogP contribution in [-0.4, -0.2) is 34.7 Å². The highest BCUT2D eigenvalue weighted by Gasteiger charge is 2.46. The van der Waals surface area contributed by atoms with Crippen molar-refractivity contribution >= 4 is 17.7 Å². The number of benzene rings is 1. The van der Waals surface area contributed by atoms with Gasteiger partial charge in [-0.3, -0.25) is 0 Å². The molecule has 2 aliphatic heterocycles. The van der Waals surface area contributed by atoms with Crippen LogP contribution in [0, 0.1) is 0 Å². The van der Waals surface area contributed by atoms with Gasteiger partial charge in [-0.15, -0.1) is 0 Å². The van der Waals surface area contributed by atoms with Crippen molar-refractivity contribution in [2.75, 3.05) is 11.5 Å². The molecule has 0 radical (unpaired) electrons. The lowest BCUT2D eigenvalue weighted by molar-refractivity contribution is -0.0860. The molecular formula is C14H15FO5S. The van der Waals surface area contributed by atoms with Crippen LogP contribution < -0.4 is 14.2 Å². The molecule has 1 atom stereocenters. The van der Waals surface area contributed by atoms with Gasteiger partial charge in [0, 0.05) is 31.3 Å². The first-order chi connectivity index (χ1) is 10.0. The van der Waals surface area contributed by atoms with E-state index in [1.165, 1.54) is 19.1 Å². The highest BCUT2D eigenvalue weighted by Crippen LogP contribution is 2.51. The molecule has 0 aliphatic carbocycles. The Kier molecular flexibility index (Phi) is 3.61. The molecule has 21 heavy (non-hydrogen) atoms. The summed E-state index contributed by atoms with van der Waals surface area (Å²) in [6, 6.07) is 2.75. The van der Waals surface area contributed by atoms with Crippen molar-refractivity contribution < 1.29 is 28.5 Å². The van der Waals surface area contributed by atoms with Gasteiger partial charge in [0.25, 0.3) is 5.79 Å². The van der Waals surface area contributed by atoms with E-state index in [0.717, 1.165) is 11.5 Å². The number of hydrogen-bond donors (Lipinski definition) is 1. The number of ether oxygens (including phenoxy) is 3. The maximum Gasteiger partial charge on any atom is 0.339 e. The lowest BCUT2D eigenvalue weighted by Crippen LogP contribution is -2.42. The predicted molar refractivity (Wildman–Crippen MR) is 75.1 cm³/mol. The van der Waals surface area contributed by atoms with E-state index in [2.05, 4.69) is 0 Å². The first-order valence-corrected chi connectivity index (χ1v) is 7.83. The quantitative estimate of drug-likeness (QED) is 0.925. The summed E-state index contributed by atoms with van der Waals surface area (Å²) < 4.78 is 29.9. The average molecular weight is 314 g/mol. The monoisotopic (exact) mass is 314 g/mol. The molecule has 1 fully saturated rings. The van der Waals surface area contributed by atoms with Gasteiger partial charge in [0.1, 0.15) is 5.56 Å². The molecule has 1 aromatic carbocycles. The fourth-order valence-electron chi connectivity index (χ4n) is 2.46. The minimum absolute atomic E-state index is 0.000960. The maximum atomic E-state index is 13.1. The molecule has 114 valence electrons. The summed E-state index contributed by atoms with van der Waals surface area (Å²) >= 11 is 1.79. The van der Waals surface area contributed by atoms with E-state index in [4.69, 9.17) is 14.2 Å². The van der Waals surface area contributed by atoms with Gasteiger partial charge in [-0.25, -0.2) is 9.18 Å². The van der Waals surface area contributed by atoms with E-state index in [-0.39, 0.29) is 22.8 Å². The first kappa shape index (κ1) is 14.3. The summed E-state index contributed by atoms with van der Waals surface area (Å²) in [6.07, 6.45) is -0.224. The van der Waals surface area contributed by atoms with E-state index in [1.807, 2.05) is 0 Å². The second kappa shape index (κ2) is 5.29. The van der Waals surface area contributed by atoms with E-state index in [1.54, 1.807) is 11.8 Å². The fraction of sp³-hybridized carbons (Fsp3) is 0.500. The number of rotatable bonds is 3. The molecule has 1 spiro atoms. The molecule has 1 N–H and O–H groups in total. The van der Waals surface area contributed by atoms with Gasteiger partial charge in [0.15, 0.2) is 11.5 Å². The topological polar surface area (TPSA) is 65.0 Å². The zero-order chi connectivity index (χ0) is 15.0. The maximum absolute atomic E-state index is 13.1. The van der Waals surface area contributed by atoms with Crippen LogP contribution in [0.4, 0.5) is 4.39 Å². The van der Waals surface area contributed by atoms with Crippen LogP contribution in [0.1, 0.15) is 30.1 Å². The largest absolute Gasteiger partial charge is 0.478 e. The van der Waals surface area contributed by atoms with Gasteiger partial charge in [-0.1, -0.05) is 0 Å². The highest BCUT2D eigenvalue weighted by molar-refractivity contribution is 7.99. The van der Waals surface area contributed by atoms with Crippen molar-refractivity contribution in [2.45, 2.75) is 31.9 Å². The number of alkyl halides is 1. The van der Waals surface area contributed by atoms with E-state index >= 15 is 0 Å². The molecular weight excluding hydrogens is 299 g/mol. The number of halogens is 1. The number of thioether (sulfide) groups is 1. The molecule has 7 heteroatoms. The van der Waals surface area contributed by atoms with Crippen LogP contribution in [0.15, 0.2) is 12.1 Å². The Labute approximate surface area is 125 Å². The highest BCUT2D eigenvalue weighted by atomic mass is 32.2. The number of carboxylic acids is 1. The van der Waals surface area contributed by atoms with Gasteiger partial charge in [-0.05, 0) is 12.1 Å². The lowest BCUT2D eigenvalue weighted by Gasteiger charge is -2.31. The summed E-state index contributed by atoms with van der Waals surface area (Å²) in [5.74, 6) is 0.255. The minimum Gasteiger partial charge on any atom is -0.478 e. The fourth-order valence-corrected chi connectivity index (χ4v) is 3.57. The van der Waals surface area contributed by atoms with Crippen LogP contribution in [-0.2, 0) is 0 Å². The molecule has 0 amide bonds. The second-order valence-corrected chi connectivity index (χ2v) is 6.19. The Morgan fingerprint density at radius 3 is 2.67 bits per heavy atom. The summed E-state index contributed by atoms with van der Waals surface area (Å²) in [7, 11) is 0. The molecule has 1 saturated heterocycles. The number of fused-ring (bicyclic) bond motifs is 1. The second-order valence-electron chi connectivity index (χ2n) is 4.96. The number of carboxylic acid groups (broad SMARTS) is 1. The third-order valence-electron chi connectivity index (χ3n) is 3.43. The summed E-state index contributed by atoms with van der Waals surface area (Å²) in [4.78, 5) is 11.3. The van der Waals surface area contributed by atoms with E-state index in [9.17, 15) is 14.3 Å². The molecule has 1 unspecified atom stereocenters. The van der Waals surface area contributed by atoms with Gasteiger partial charge < -0.3 is 19.3 Å². The third kappa shape index (κ3) is 2.62. The molecule has 2 aliphatic rings. The molecule has 0 aromatic heterocycles. The van der Waals surface area contributed by atoms with Crippen molar-refractivity contribution in [3.8, 4) is 17.2 Å². The Balaban J connectivity index is 2.01. The average Bonchev–Trinajstić information content (AvgIpc) is 2.78. The molecule has 3 rings (SSSR count). The SMILES string of the molecule is CC(F)Oc1ccc(C(=O)O)c2c1OC1(CCSCC1)O2. The Morgan fingerprint density at radius 2 is 2.05 bits per heavy atom. The van der Waals surface area contributed by atoms with Gasteiger partial charge in [-0.2, -0.15) is 11.8 Å². The van der Waals surface area contributed by atoms with Gasteiger partial charge in [0.2, 0.25) is 12.1 Å². The van der Waals surface area contributed by atoms with Crippen molar-refractivity contribution in [1.82, 2.24) is 0 Å². The molecule has 0 bridgehead atoms. The summed E-state index contributed by atoms with van der Waals surface area (Å²) in [5, 5.41) is 9.25. The molecule has 0 saturated carbocycles. The van der Waals surface area contributed by atoms with Crippen LogP contribution in [0.5, 0.6) is 17.2 Å². The molecule has 1 aromatic rings. The summed E-state index contributed by atoms with van der Waals surface area (Å²) in [6.45, 7) is 1.25. The van der Waals surface area contributed by atoms with Crippen LogP contribution in [0.3, 0.4) is 0 Å². The standard InChI is InChI=1S/C14H15FO5S/c1-8(15)18-10-3-2-9(13(16)17)11-12(10)20-14(19-11)4-6-21-7-5-14/h2-3,8H,4-7H2,1H3,(H,16,17). The zero-order valence-corrected chi connectivity index (χ0v) is 12.2. The van der Waals surface area contributed by atoms with Crippen LogP contribution >= 0.6 is 11.8 Å². The Morgan fingerprint density at radius 1 is 1.38 bits per heavy atom. The summed E-state index contributed by atoms with van der Waals surface area (Å²) in [5.41, 5.74) is -0.000960. The van der Waals surface area contributed by atoms with Crippen molar-refractivity contribution in [3.63, 3.8) is 0 Å². The molecule has 5 nitrogen and oxygen atoms in total. The third-order valence-corrected chi connectivity index (χ3v) is 4.41. The minimum atomic E-state index is -1.52. The van der Waals surface area contributed by atoms with Crippen molar-refractivity contribution in [3.05, 3.63) is 17.7 Å². The van der Waals surface area contributed by atoms with E-state index < -0.39 is 18.1 Å². The number of hydrogen-bond acceptors (Lipinski definition) is 5. The Hall–Kier alpha value is -1.63. The van der Waals surface area contributed by atoms with Gasteiger partial charge in [0.05, 0.1) is 0 Å². The lowest BCUT2D eigenvalue weighted by atomic mass is 10.1. The number of carbonyl (C=O) groups is 1. The predicted octanol–water partition coefficient (Wildman–Crippen LogP) is 3.07.